The van der Waals surface area contributed by atoms with E-state index in [1.807, 2.05) is 0 Å². The first-order valence-electron chi connectivity index (χ1n) is 5.64. The van der Waals surface area contributed by atoms with Crippen LogP contribution in [0.25, 0.3) is 0 Å². The topological polar surface area (TPSA) is 40.7 Å². The van der Waals surface area contributed by atoms with Crippen molar-refractivity contribution < 1.29 is 8.78 Å². The summed E-state index contributed by atoms with van der Waals surface area (Å²) in [6.07, 6.45) is 2.95. The maximum Gasteiger partial charge on any atom is 0.288 e. The van der Waals surface area contributed by atoms with Gasteiger partial charge in [0.15, 0.2) is 0 Å². The molecule has 1 aliphatic heterocycles. The Morgan fingerprint density at radius 1 is 1.50 bits per heavy atom. The van der Waals surface area contributed by atoms with E-state index in [9.17, 15) is 8.78 Å². The van der Waals surface area contributed by atoms with Gasteiger partial charge in [-0.2, -0.15) is 8.78 Å². The van der Waals surface area contributed by atoms with E-state index >= 15 is 0 Å². The fourth-order valence-electron chi connectivity index (χ4n) is 2.21. The van der Waals surface area contributed by atoms with Crippen LogP contribution in [0.5, 0.6) is 0 Å². The minimum absolute atomic E-state index is 0.125. The van der Waals surface area contributed by atoms with Crippen LogP contribution in [0.15, 0.2) is 0 Å². The molecule has 0 aromatic carbocycles. The zero-order chi connectivity index (χ0) is 11.8. The number of aromatic amines is 1. The van der Waals surface area contributed by atoms with Gasteiger partial charge in [-0.15, -0.1) is 0 Å². The number of aromatic nitrogens is 2. The Bertz CT molecular complexity index is 362. The van der Waals surface area contributed by atoms with Crippen molar-refractivity contribution in [3.63, 3.8) is 0 Å². The molecule has 90 valence electrons. The van der Waals surface area contributed by atoms with E-state index in [0.29, 0.717) is 24.0 Å². The minimum atomic E-state index is -2.86. The molecule has 2 N–H and O–H groups in total. The van der Waals surface area contributed by atoms with Gasteiger partial charge in [-0.1, -0.05) is 0 Å². The molecule has 1 aliphatic rings. The van der Waals surface area contributed by atoms with Gasteiger partial charge in [-0.25, -0.2) is 4.98 Å². The molecule has 1 atom stereocenters. The van der Waals surface area contributed by atoms with Gasteiger partial charge in [0.05, 0.1) is 0 Å². The number of nitrogens with zero attached hydrogens (tertiary/aromatic N) is 1. The zero-order valence-corrected chi connectivity index (χ0v) is 9.61. The van der Waals surface area contributed by atoms with Gasteiger partial charge in [-0.3, -0.25) is 0 Å². The van der Waals surface area contributed by atoms with Crippen LogP contribution >= 0.6 is 0 Å². The summed E-state index contributed by atoms with van der Waals surface area (Å²) in [4.78, 5) is 6.95. The molecule has 5 heteroatoms. The quantitative estimate of drug-likeness (QED) is 0.833. The number of aryl methyl sites for hydroxylation is 1. The number of hydrogen-bond acceptors (Lipinski definition) is 2. The average molecular weight is 229 g/mol. The SMILES string of the molecule is Cc1[nH]c(CC2CCCN2)nc1C(C)(F)F. The fourth-order valence-corrected chi connectivity index (χ4v) is 2.21. The van der Waals surface area contributed by atoms with Crippen molar-refractivity contribution in [2.45, 2.75) is 45.1 Å². The van der Waals surface area contributed by atoms with Gasteiger partial charge in [0.1, 0.15) is 11.5 Å². The second-order valence-electron chi connectivity index (χ2n) is 4.54. The second-order valence-corrected chi connectivity index (χ2v) is 4.54. The molecule has 1 unspecified atom stereocenters. The monoisotopic (exact) mass is 229 g/mol. The highest BCUT2D eigenvalue weighted by Gasteiger charge is 2.30. The van der Waals surface area contributed by atoms with E-state index < -0.39 is 5.92 Å². The van der Waals surface area contributed by atoms with E-state index in [1.54, 1.807) is 6.92 Å². The predicted octanol–water partition coefficient (Wildman–Crippen LogP) is 2.12. The van der Waals surface area contributed by atoms with E-state index in [-0.39, 0.29) is 5.69 Å². The lowest BCUT2D eigenvalue weighted by molar-refractivity contribution is 0.0124. The average Bonchev–Trinajstić information content (AvgIpc) is 2.74. The standard InChI is InChI=1S/C11H17F2N3/c1-7-10(11(2,12)13)16-9(15-7)6-8-4-3-5-14-8/h8,14H,3-6H2,1-2H3,(H,15,16). The Kier molecular flexibility index (Phi) is 2.97. The second kappa shape index (κ2) is 4.13. The van der Waals surface area contributed by atoms with Crippen molar-refractivity contribution in [1.29, 1.82) is 0 Å². The van der Waals surface area contributed by atoms with E-state index in [0.717, 1.165) is 26.3 Å². The fraction of sp³-hybridized carbons (Fsp3) is 0.727. The number of nitrogens with one attached hydrogen (secondary N) is 2. The summed E-state index contributed by atoms with van der Waals surface area (Å²) in [6, 6.07) is 0.379. The van der Waals surface area contributed by atoms with Crippen molar-refractivity contribution in [2.24, 2.45) is 0 Å². The molecule has 1 aromatic rings. The molecule has 0 aliphatic carbocycles. The summed E-state index contributed by atoms with van der Waals surface area (Å²) in [5, 5.41) is 3.33. The highest BCUT2D eigenvalue weighted by atomic mass is 19.3. The van der Waals surface area contributed by atoms with Crippen LogP contribution in [0.2, 0.25) is 0 Å². The number of rotatable bonds is 3. The molecule has 2 heterocycles. The maximum absolute atomic E-state index is 13.1. The third kappa shape index (κ3) is 2.40. The molecule has 1 fully saturated rings. The lowest BCUT2D eigenvalue weighted by atomic mass is 10.1. The largest absolute Gasteiger partial charge is 0.346 e. The lowest BCUT2D eigenvalue weighted by Gasteiger charge is -2.07. The van der Waals surface area contributed by atoms with Crippen LogP contribution in [-0.2, 0) is 12.3 Å². The van der Waals surface area contributed by atoms with Gasteiger partial charge in [0, 0.05) is 25.1 Å². The van der Waals surface area contributed by atoms with Crippen LogP contribution in [-0.4, -0.2) is 22.6 Å². The van der Waals surface area contributed by atoms with Crippen LogP contribution in [0.4, 0.5) is 8.78 Å². The molecule has 0 saturated carbocycles. The highest BCUT2D eigenvalue weighted by molar-refractivity contribution is 5.18. The van der Waals surface area contributed by atoms with Gasteiger partial charge < -0.3 is 10.3 Å². The Balaban J connectivity index is 2.11. The number of imidazole rings is 1. The molecular weight excluding hydrogens is 212 g/mol. The molecule has 0 bridgehead atoms. The van der Waals surface area contributed by atoms with Gasteiger partial charge in [0.25, 0.3) is 5.92 Å². The summed E-state index contributed by atoms with van der Waals surface area (Å²) < 4.78 is 26.3. The van der Waals surface area contributed by atoms with Crippen molar-refractivity contribution in [1.82, 2.24) is 15.3 Å². The number of halogens is 2. The molecule has 3 nitrogen and oxygen atoms in total. The number of H-pyrrole nitrogens is 1. The van der Waals surface area contributed by atoms with Crippen LogP contribution in [0, 0.1) is 6.92 Å². The molecule has 0 spiro atoms. The van der Waals surface area contributed by atoms with E-state index in [1.165, 1.54) is 0 Å². The third-order valence-electron chi connectivity index (χ3n) is 2.95. The Labute approximate surface area is 93.7 Å². The molecule has 0 amide bonds. The summed E-state index contributed by atoms with van der Waals surface area (Å²) in [5.74, 6) is -2.20. The van der Waals surface area contributed by atoms with Gasteiger partial charge in [0.2, 0.25) is 0 Å². The lowest BCUT2D eigenvalue weighted by Crippen LogP contribution is -2.24. The zero-order valence-electron chi connectivity index (χ0n) is 9.61. The Hall–Kier alpha value is -0.970. The predicted molar refractivity (Wildman–Crippen MR) is 57.6 cm³/mol. The summed E-state index contributed by atoms with van der Waals surface area (Å²) in [6.45, 7) is 3.54. The van der Waals surface area contributed by atoms with Gasteiger partial charge in [-0.05, 0) is 26.3 Å². The molecule has 16 heavy (non-hydrogen) atoms. The number of alkyl halides is 2. The van der Waals surface area contributed by atoms with E-state index in [4.69, 9.17) is 0 Å². The van der Waals surface area contributed by atoms with Crippen molar-refractivity contribution in [2.75, 3.05) is 6.54 Å². The van der Waals surface area contributed by atoms with Crippen LogP contribution in [0.3, 0.4) is 0 Å². The summed E-state index contributed by atoms with van der Waals surface area (Å²) in [5.41, 5.74) is 0.348. The molecule has 1 aromatic heterocycles. The van der Waals surface area contributed by atoms with Crippen molar-refractivity contribution in [3.8, 4) is 0 Å². The molecule has 2 rings (SSSR count). The Morgan fingerprint density at radius 3 is 2.75 bits per heavy atom. The first-order valence-corrected chi connectivity index (χ1v) is 5.64. The van der Waals surface area contributed by atoms with Crippen molar-refractivity contribution in [3.05, 3.63) is 17.2 Å². The van der Waals surface area contributed by atoms with Crippen LogP contribution in [0.1, 0.15) is 37.0 Å². The maximum atomic E-state index is 13.1. The van der Waals surface area contributed by atoms with E-state index in [2.05, 4.69) is 15.3 Å². The Morgan fingerprint density at radius 2 is 2.25 bits per heavy atom. The third-order valence-corrected chi connectivity index (χ3v) is 2.95. The van der Waals surface area contributed by atoms with Gasteiger partial charge >= 0.3 is 0 Å². The number of hydrogen-bond donors (Lipinski definition) is 2. The summed E-state index contributed by atoms with van der Waals surface area (Å²) in [7, 11) is 0. The minimum Gasteiger partial charge on any atom is -0.346 e. The van der Waals surface area contributed by atoms with Crippen LogP contribution < -0.4 is 5.32 Å². The highest BCUT2D eigenvalue weighted by Crippen LogP contribution is 2.28. The normalized spacial score (nSPS) is 21.6. The smallest absolute Gasteiger partial charge is 0.288 e. The van der Waals surface area contributed by atoms with Crippen molar-refractivity contribution >= 4 is 0 Å². The first kappa shape index (κ1) is 11.5. The first-order chi connectivity index (χ1) is 7.47. The molecule has 1 saturated heterocycles. The molecular formula is C11H17F2N3. The molecule has 0 radical (unpaired) electrons. The summed E-state index contributed by atoms with van der Waals surface area (Å²) >= 11 is 0.